The smallest absolute Gasteiger partial charge is 0.211 e. The highest BCUT2D eigenvalue weighted by molar-refractivity contribution is 7.55. The second-order valence-electron chi connectivity index (χ2n) is 3.63. The van der Waals surface area contributed by atoms with Gasteiger partial charge in [0.25, 0.3) is 0 Å². The van der Waals surface area contributed by atoms with Gasteiger partial charge in [0.05, 0.1) is 11.4 Å². The summed E-state index contributed by atoms with van der Waals surface area (Å²) in [5.74, 6) is 0. The fraction of sp³-hybridized carbons (Fsp3) is 0. The molecule has 0 atom stereocenters. The first-order valence-electron chi connectivity index (χ1n) is 5.45. The molecule has 19 heavy (non-hydrogen) atoms. The zero-order valence-electron chi connectivity index (χ0n) is 9.83. The van der Waals surface area contributed by atoms with Crippen molar-refractivity contribution in [3.63, 3.8) is 0 Å². The zero-order valence-corrected chi connectivity index (χ0v) is 10.8. The fourth-order valence-electron chi connectivity index (χ4n) is 1.58. The second-order valence-corrected chi connectivity index (χ2v) is 5.04. The molecule has 0 saturated heterocycles. The zero-order chi connectivity index (χ0) is 13.5. The average Bonchev–Trinajstić information content (AvgIpc) is 2.40. The van der Waals surface area contributed by atoms with E-state index in [4.69, 9.17) is 0 Å². The Hall–Kier alpha value is -2.37. The van der Waals surface area contributed by atoms with Gasteiger partial charge in [0.15, 0.2) is 0 Å². The lowest BCUT2D eigenvalue weighted by molar-refractivity contribution is 0.564. The van der Waals surface area contributed by atoms with Crippen molar-refractivity contribution in [3.8, 4) is 0 Å². The van der Waals surface area contributed by atoms with Crippen LogP contribution in [-0.2, 0) is 9.59 Å². The van der Waals surface area contributed by atoms with Crippen LogP contribution >= 0.6 is 8.58 Å². The molecule has 0 unspecified atom stereocenters. The van der Waals surface area contributed by atoms with Crippen LogP contribution in [0.25, 0.3) is 0 Å². The van der Waals surface area contributed by atoms with E-state index in [-0.39, 0.29) is 0 Å². The Kier molecular flexibility index (Phi) is 4.49. The molecule has 0 radical (unpaired) electrons. The van der Waals surface area contributed by atoms with Gasteiger partial charge in [0.1, 0.15) is 0 Å². The largest absolute Gasteiger partial charge is 0.240 e. The van der Waals surface area contributed by atoms with Crippen LogP contribution in [0.5, 0.6) is 0 Å². The number of benzene rings is 2. The lowest BCUT2D eigenvalue weighted by atomic mass is 10.3. The van der Waals surface area contributed by atoms with E-state index in [9.17, 15) is 9.59 Å². The van der Waals surface area contributed by atoms with Gasteiger partial charge >= 0.3 is 0 Å². The van der Waals surface area contributed by atoms with Gasteiger partial charge in [0.2, 0.25) is 12.2 Å². The topological polar surface area (TPSA) is 58.9 Å². The number of isocyanates is 2. The Balaban J connectivity index is 2.25. The highest BCUT2D eigenvalue weighted by Gasteiger charge is 1.99. The maximum Gasteiger partial charge on any atom is 0.240 e. The summed E-state index contributed by atoms with van der Waals surface area (Å²) in [4.78, 5) is 27.6. The maximum atomic E-state index is 10.2. The van der Waals surface area contributed by atoms with E-state index in [0.717, 1.165) is 10.6 Å². The maximum absolute atomic E-state index is 10.2. The van der Waals surface area contributed by atoms with Crippen molar-refractivity contribution in [3.05, 3.63) is 48.5 Å². The van der Waals surface area contributed by atoms with E-state index in [1.54, 1.807) is 12.1 Å². The first kappa shape index (κ1) is 13.1. The predicted molar refractivity (Wildman–Crippen MR) is 76.0 cm³/mol. The van der Waals surface area contributed by atoms with Crippen molar-refractivity contribution in [2.45, 2.75) is 0 Å². The SMILES string of the molecule is O=C=Nc1cccc(Pc2cccc(N=C=O)c2)c1. The van der Waals surface area contributed by atoms with Gasteiger partial charge < -0.3 is 0 Å². The fourth-order valence-corrected chi connectivity index (χ4v) is 2.71. The quantitative estimate of drug-likeness (QED) is 0.485. The van der Waals surface area contributed by atoms with Gasteiger partial charge in [-0.25, -0.2) is 9.59 Å². The molecular weight excluding hydrogens is 259 g/mol. The minimum absolute atomic E-state index is 0.399. The summed E-state index contributed by atoms with van der Waals surface area (Å²) in [5, 5.41) is 2.09. The van der Waals surface area contributed by atoms with Crippen molar-refractivity contribution in [2.24, 2.45) is 9.98 Å². The molecule has 0 aliphatic heterocycles. The average molecular weight is 268 g/mol. The summed E-state index contributed by atoms with van der Waals surface area (Å²) in [7, 11) is 0.399. The lowest BCUT2D eigenvalue weighted by Gasteiger charge is -2.03. The lowest BCUT2D eigenvalue weighted by Crippen LogP contribution is -2.02. The van der Waals surface area contributed by atoms with Crippen LogP contribution < -0.4 is 10.6 Å². The van der Waals surface area contributed by atoms with Crippen LogP contribution in [0.1, 0.15) is 0 Å². The Morgan fingerprint density at radius 2 is 1.26 bits per heavy atom. The summed E-state index contributed by atoms with van der Waals surface area (Å²) < 4.78 is 0. The number of carbonyl (C=O) groups excluding carboxylic acids is 2. The third-order valence-corrected chi connectivity index (χ3v) is 3.53. The first-order valence-corrected chi connectivity index (χ1v) is 6.45. The summed E-state index contributed by atoms with van der Waals surface area (Å²) in [6.07, 6.45) is 3.04. The Labute approximate surface area is 111 Å². The van der Waals surface area contributed by atoms with Gasteiger partial charge in [-0.1, -0.05) is 32.8 Å². The molecule has 2 aromatic carbocycles. The van der Waals surface area contributed by atoms with E-state index in [0.29, 0.717) is 20.0 Å². The highest BCUT2D eigenvalue weighted by Crippen LogP contribution is 2.18. The van der Waals surface area contributed by atoms with Crippen LogP contribution in [0.15, 0.2) is 58.5 Å². The van der Waals surface area contributed by atoms with Crippen LogP contribution in [0.2, 0.25) is 0 Å². The van der Waals surface area contributed by atoms with Crippen molar-refractivity contribution in [1.82, 2.24) is 0 Å². The molecular formula is C14H9N2O2P. The molecule has 92 valence electrons. The standard InChI is InChI=1S/C14H9N2O2P/c17-9-15-11-3-1-5-13(7-11)19-14-6-2-4-12(8-14)16-10-18/h1-8,19H. The number of nitrogens with zero attached hydrogens (tertiary/aromatic N) is 2. The molecule has 0 amide bonds. The van der Waals surface area contributed by atoms with Crippen molar-refractivity contribution < 1.29 is 9.59 Å². The van der Waals surface area contributed by atoms with Crippen molar-refractivity contribution >= 4 is 42.7 Å². The molecule has 0 aromatic heterocycles. The molecule has 0 fully saturated rings. The summed E-state index contributed by atoms with van der Waals surface area (Å²) >= 11 is 0. The summed E-state index contributed by atoms with van der Waals surface area (Å²) in [5.41, 5.74) is 1.17. The summed E-state index contributed by atoms with van der Waals surface area (Å²) in [6.45, 7) is 0. The molecule has 2 rings (SSSR count). The first-order chi connectivity index (χ1) is 9.31. The molecule has 5 heteroatoms. The second kappa shape index (κ2) is 6.53. The van der Waals surface area contributed by atoms with Crippen LogP contribution in [-0.4, -0.2) is 12.2 Å². The molecule has 0 spiro atoms. The molecule has 0 aliphatic rings. The number of hydrogen-bond acceptors (Lipinski definition) is 4. The molecule has 0 heterocycles. The number of aliphatic imine (C=N–C) groups is 2. The van der Waals surface area contributed by atoms with Gasteiger partial charge in [0, 0.05) is 0 Å². The van der Waals surface area contributed by atoms with Crippen LogP contribution in [0, 0.1) is 0 Å². The van der Waals surface area contributed by atoms with Gasteiger partial charge in [-0.05, 0) is 34.9 Å². The van der Waals surface area contributed by atoms with E-state index in [1.807, 2.05) is 36.4 Å². The molecule has 2 aromatic rings. The third kappa shape index (κ3) is 3.80. The Morgan fingerprint density at radius 1 is 0.789 bits per heavy atom. The van der Waals surface area contributed by atoms with Gasteiger partial charge in [-0.2, -0.15) is 9.98 Å². The highest BCUT2D eigenvalue weighted by atomic mass is 31.1. The van der Waals surface area contributed by atoms with Crippen molar-refractivity contribution in [2.75, 3.05) is 0 Å². The molecule has 4 nitrogen and oxygen atoms in total. The van der Waals surface area contributed by atoms with E-state index < -0.39 is 0 Å². The normalized spacial score (nSPS) is 9.89. The molecule has 0 N–H and O–H groups in total. The Bertz CT molecular complexity index is 628. The third-order valence-electron chi connectivity index (χ3n) is 2.33. The monoisotopic (exact) mass is 268 g/mol. The van der Waals surface area contributed by atoms with Gasteiger partial charge in [-0.15, -0.1) is 0 Å². The van der Waals surface area contributed by atoms with E-state index >= 15 is 0 Å². The predicted octanol–water partition coefficient (Wildman–Crippen LogP) is 2.25. The van der Waals surface area contributed by atoms with Crippen molar-refractivity contribution in [1.29, 1.82) is 0 Å². The van der Waals surface area contributed by atoms with E-state index in [2.05, 4.69) is 9.98 Å². The summed E-state index contributed by atoms with van der Waals surface area (Å²) in [6, 6.07) is 14.7. The van der Waals surface area contributed by atoms with E-state index in [1.165, 1.54) is 12.2 Å². The molecule has 0 aliphatic carbocycles. The molecule has 0 bridgehead atoms. The number of rotatable bonds is 4. The van der Waals surface area contributed by atoms with Crippen LogP contribution in [0.3, 0.4) is 0 Å². The van der Waals surface area contributed by atoms with Gasteiger partial charge in [-0.3, -0.25) is 0 Å². The minimum atomic E-state index is 0.399. The number of hydrogen-bond donors (Lipinski definition) is 0. The molecule has 0 saturated carbocycles. The minimum Gasteiger partial charge on any atom is -0.211 e. The Morgan fingerprint density at radius 3 is 1.68 bits per heavy atom. The van der Waals surface area contributed by atoms with Crippen LogP contribution in [0.4, 0.5) is 11.4 Å².